The van der Waals surface area contributed by atoms with Crippen molar-refractivity contribution in [1.29, 1.82) is 0 Å². The van der Waals surface area contributed by atoms with Gasteiger partial charge in [0.2, 0.25) is 0 Å². The molecule has 1 aliphatic heterocycles. The van der Waals surface area contributed by atoms with E-state index < -0.39 is 4.92 Å². The van der Waals surface area contributed by atoms with E-state index >= 15 is 0 Å². The minimum Gasteiger partial charge on any atom is -0.351 e. The summed E-state index contributed by atoms with van der Waals surface area (Å²) >= 11 is 5.56. The fourth-order valence-corrected chi connectivity index (χ4v) is 3.31. The van der Waals surface area contributed by atoms with Gasteiger partial charge in [-0.15, -0.1) is 0 Å². The smallest absolute Gasteiger partial charge is 0.269 e. The Hall–Kier alpha value is -2.31. The van der Waals surface area contributed by atoms with Gasteiger partial charge >= 0.3 is 0 Å². The highest BCUT2D eigenvalue weighted by atomic mass is 32.1. The highest BCUT2D eigenvalue weighted by Crippen LogP contribution is 2.14. The lowest BCUT2D eigenvalue weighted by molar-refractivity contribution is -0.917. The van der Waals surface area contributed by atoms with Crippen LogP contribution in [0.3, 0.4) is 0 Å². The maximum Gasteiger partial charge on any atom is 0.269 e. The van der Waals surface area contributed by atoms with Crippen LogP contribution in [0.5, 0.6) is 0 Å². The third-order valence-corrected chi connectivity index (χ3v) is 4.87. The summed E-state index contributed by atoms with van der Waals surface area (Å²) in [7, 11) is 0. The normalized spacial score (nSPS) is 15.2. The summed E-state index contributed by atoms with van der Waals surface area (Å²) in [6.07, 6.45) is 0. The lowest BCUT2D eigenvalue weighted by Crippen LogP contribution is -3.13. The van der Waals surface area contributed by atoms with Crippen LogP contribution in [-0.4, -0.2) is 41.0 Å². The first-order chi connectivity index (χ1) is 11.6. The molecule has 1 heterocycles. The zero-order valence-electron chi connectivity index (χ0n) is 13.4. The number of hydrogen-bond donors (Lipinski definition) is 1. The Morgan fingerprint density at radius 2 is 1.71 bits per heavy atom. The molecular formula is C18H20N3O2S+. The molecule has 0 unspecified atom stereocenters. The van der Waals surface area contributed by atoms with Gasteiger partial charge in [0.25, 0.3) is 5.69 Å². The van der Waals surface area contributed by atoms with Gasteiger partial charge in [0.1, 0.15) is 11.5 Å². The van der Waals surface area contributed by atoms with Gasteiger partial charge in [0.15, 0.2) is 0 Å². The van der Waals surface area contributed by atoms with Crippen LogP contribution in [0.15, 0.2) is 54.6 Å². The maximum atomic E-state index is 10.7. The number of nitro benzene ring substituents is 1. The van der Waals surface area contributed by atoms with Crippen LogP contribution in [-0.2, 0) is 6.54 Å². The monoisotopic (exact) mass is 342 g/mol. The first kappa shape index (κ1) is 16.5. The Morgan fingerprint density at radius 1 is 1.08 bits per heavy atom. The highest BCUT2D eigenvalue weighted by Gasteiger charge is 2.22. The van der Waals surface area contributed by atoms with Gasteiger partial charge in [-0.1, -0.05) is 42.5 Å². The van der Waals surface area contributed by atoms with Crippen LogP contribution in [0.25, 0.3) is 0 Å². The Morgan fingerprint density at radius 3 is 2.29 bits per heavy atom. The van der Waals surface area contributed by atoms with Gasteiger partial charge in [-0.25, -0.2) is 0 Å². The molecule has 24 heavy (non-hydrogen) atoms. The number of nitro groups is 1. The minimum atomic E-state index is -0.390. The molecule has 0 atom stereocenters. The average Bonchev–Trinajstić information content (AvgIpc) is 2.63. The van der Waals surface area contributed by atoms with Crippen LogP contribution in [0.4, 0.5) is 5.69 Å². The van der Waals surface area contributed by atoms with Gasteiger partial charge in [-0.3, -0.25) is 10.1 Å². The molecule has 1 aliphatic rings. The van der Waals surface area contributed by atoms with E-state index in [2.05, 4.69) is 29.2 Å². The number of rotatable bonds is 4. The standard InChI is InChI=1S/C18H19N3O2S/c22-21(23)17-8-6-16(7-9-17)18(24)20-12-10-19(11-13-20)14-15-4-2-1-3-5-15/h1-9H,10-14H2/p+1. The van der Waals surface area contributed by atoms with Gasteiger partial charge in [0.05, 0.1) is 31.1 Å². The van der Waals surface area contributed by atoms with Crippen molar-refractivity contribution in [2.45, 2.75) is 6.54 Å². The Bertz CT molecular complexity index is 711. The topological polar surface area (TPSA) is 50.8 Å². The number of benzene rings is 2. The molecule has 2 aromatic rings. The average molecular weight is 342 g/mol. The number of thiocarbonyl (C=S) groups is 1. The van der Waals surface area contributed by atoms with Gasteiger partial charge < -0.3 is 9.80 Å². The van der Waals surface area contributed by atoms with E-state index in [1.807, 2.05) is 6.07 Å². The summed E-state index contributed by atoms with van der Waals surface area (Å²) in [5, 5.41) is 10.7. The second-order valence-corrected chi connectivity index (χ2v) is 6.40. The number of nitrogens with one attached hydrogen (secondary N) is 1. The molecule has 0 bridgehead atoms. The number of hydrogen-bond acceptors (Lipinski definition) is 3. The van der Waals surface area contributed by atoms with Gasteiger partial charge in [0, 0.05) is 23.3 Å². The first-order valence-electron chi connectivity index (χ1n) is 8.05. The maximum absolute atomic E-state index is 10.7. The second-order valence-electron chi connectivity index (χ2n) is 6.01. The van der Waals surface area contributed by atoms with Crippen molar-refractivity contribution in [3.63, 3.8) is 0 Å². The van der Waals surface area contributed by atoms with Crippen LogP contribution >= 0.6 is 12.2 Å². The van der Waals surface area contributed by atoms with E-state index in [1.54, 1.807) is 17.0 Å². The van der Waals surface area contributed by atoms with E-state index in [0.29, 0.717) is 0 Å². The second kappa shape index (κ2) is 7.51. The Balaban J connectivity index is 1.56. The number of nitrogens with zero attached hydrogens (tertiary/aromatic N) is 2. The molecule has 1 fully saturated rings. The van der Waals surface area contributed by atoms with Crippen molar-refractivity contribution in [1.82, 2.24) is 4.90 Å². The molecule has 124 valence electrons. The summed E-state index contributed by atoms with van der Waals surface area (Å²) in [5.74, 6) is 0. The largest absolute Gasteiger partial charge is 0.351 e. The molecule has 0 amide bonds. The molecule has 2 aromatic carbocycles. The van der Waals surface area contributed by atoms with Crippen LogP contribution in [0.1, 0.15) is 11.1 Å². The van der Waals surface area contributed by atoms with Crippen molar-refractivity contribution < 1.29 is 9.82 Å². The summed E-state index contributed by atoms with van der Waals surface area (Å²) < 4.78 is 0. The molecule has 1 N–H and O–H groups in total. The van der Waals surface area contributed by atoms with Gasteiger partial charge in [-0.05, 0) is 12.1 Å². The molecule has 5 nitrogen and oxygen atoms in total. The van der Waals surface area contributed by atoms with E-state index in [1.165, 1.54) is 17.7 Å². The van der Waals surface area contributed by atoms with E-state index in [-0.39, 0.29) is 5.69 Å². The predicted octanol–water partition coefficient (Wildman–Crippen LogP) is 1.67. The third kappa shape index (κ3) is 3.96. The van der Waals surface area contributed by atoms with E-state index in [4.69, 9.17) is 12.2 Å². The minimum absolute atomic E-state index is 0.0960. The zero-order valence-corrected chi connectivity index (χ0v) is 14.2. The molecule has 0 saturated carbocycles. The predicted molar refractivity (Wildman–Crippen MR) is 97.2 cm³/mol. The van der Waals surface area contributed by atoms with Gasteiger partial charge in [-0.2, -0.15) is 0 Å². The van der Waals surface area contributed by atoms with Crippen LogP contribution < -0.4 is 4.90 Å². The molecule has 3 rings (SSSR count). The molecule has 1 saturated heterocycles. The molecule has 0 radical (unpaired) electrons. The number of non-ortho nitro benzene ring substituents is 1. The summed E-state index contributed by atoms with van der Waals surface area (Å²) in [6, 6.07) is 17.0. The SMILES string of the molecule is O=[N+]([O-])c1ccc(C(=S)N2CC[NH+](Cc3ccccc3)CC2)cc1. The number of piperazine rings is 1. The first-order valence-corrected chi connectivity index (χ1v) is 8.45. The molecule has 0 spiro atoms. The summed E-state index contributed by atoms with van der Waals surface area (Å²) in [5.41, 5.74) is 2.33. The Kier molecular flexibility index (Phi) is 5.17. The van der Waals surface area contributed by atoms with Crippen molar-refractivity contribution in [3.8, 4) is 0 Å². The van der Waals surface area contributed by atoms with Crippen LogP contribution in [0.2, 0.25) is 0 Å². The van der Waals surface area contributed by atoms with E-state index in [9.17, 15) is 10.1 Å². The lowest BCUT2D eigenvalue weighted by atomic mass is 10.1. The summed E-state index contributed by atoms with van der Waals surface area (Å²) in [4.78, 5) is 14.9. The lowest BCUT2D eigenvalue weighted by Gasteiger charge is -2.33. The summed E-state index contributed by atoms with van der Waals surface area (Å²) in [6.45, 7) is 4.96. The molecule has 0 aromatic heterocycles. The Labute approximate surface area is 146 Å². The van der Waals surface area contributed by atoms with Crippen molar-refractivity contribution in [3.05, 3.63) is 75.8 Å². The molecular weight excluding hydrogens is 322 g/mol. The van der Waals surface area contributed by atoms with Crippen molar-refractivity contribution in [2.75, 3.05) is 26.2 Å². The molecule has 0 aliphatic carbocycles. The number of quaternary nitrogens is 1. The highest BCUT2D eigenvalue weighted by molar-refractivity contribution is 7.80. The van der Waals surface area contributed by atoms with Crippen LogP contribution in [0, 0.1) is 10.1 Å². The molecule has 6 heteroatoms. The third-order valence-electron chi connectivity index (χ3n) is 4.38. The van der Waals surface area contributed by atoms with Crippen molar-refractivity contribution in [2.24, 2.45) is 0 Å². The quantitative estimate of drug-likeness (QED) is 0.522. The van der Waals surface area contributed by atoms with E-state index in [0.717, 1.165) is 43.3 Å². The zero-order chi connectivity index (χ0) is 16.9. The fourth-order valence-electron chi connectivity index (χ4n) is 3.00. The fraction of sp³-hybridized carbons (Fsp3) is 0.278. The van der Waals surface area contributed by atoms with Crippen molar-refractivity contribution >= 4 is 22.9 Å².